The maximum absolute atomic E-state index is 12.8. The van der Waals surface area contributed by atoms with E-state index in [0.717, 1.165) is 26.2 Å². The van der Waals surface area contributed by atoms with Gasteiger partial charge in [-0.2, -0.15) is 0 Å². The first-order chi connectivity index (χ1) is 11.3. The van der Waals surface area contributed by atoms with Gasteiger partial charge < -0.3 is 14.7 Å². The Morgan fingerprint density at radius 1 is 1.29 bits per heavy atom. The van der Waals surface area contributed by atoms with Gasteiger partial charge in [-0.3, -0.25) is 9.69 Å². The molecule has 2 aliphatic rings. The van der Waals surface area contributed by atoms with Crippen molar-refractivity contribution < 1.29 is 14.6 Å². The molecule has 1 saturated carbocycles. The van der Waals surface area contributed by atoms with Crippen molar-refractivity contribution in [3.05, 3.63) is 11.6 Å². The predicted octanol–water partition coefficient (Wildman–Crippen LogP) is 1.77. The lowest BCUT2D eigenvalue weighted by Crippen LogP contribution is -2.51. The fraction of sp³-hybridized carbons (Fsp3) is 0.842. The number of amides is 1. The number of hydrogen-bond donors (Lipinski definition) is 1. The molecule has 0 aromatic rings. The molecule has 24 heavy (non-hydrogen) atoms. The Kier molecular flexibility index (Phi) is 6.46. The first kappa shape index (κ1) is 19.4. The molecule has 3 unspecified atom stereocenters. The van der Waals surface area contributed by atoms with Crippen molar-refractivity contribution in [2.45, 2.75) is 40.7 Å². The van der Waals surface area contributed by atoms with Crippen LogP contribution in [0.1, 0.15) is 34.6 Å². The predicted molar refractivity (Wildman–Crippen MR) is 95.7 cm³/mol. The van der Waals surface area contributed by atoms with E-state index in [1.807, 2.05) is 11.8 Å². The zero-order valence-corrected chi connectivity index (χ0v) is 15.9. The molecule has 3 atom stereocenters. The van der Waals surface area contributed by atoms with E-state index in [4.69, 9.17) is 4.74 Å². The van der Waals surface area contributed by atoms with Crippen LogP contribution in [0.15, 0.2) is 11.6 Å². The highest BCUT2D eigenvalue weighted by atomic mass is 16.5. The molecule has 1 heterocycles. The van der Waals surface area contributed by atoms with Crippen LogP contribution in [0.2, 0.25) is 0 Å². The Labute approximate surface area is 146 Å². The SMILES string of the molecule is CCOCC(O)CN1CCN(C(=O)C2C(C=C(C)C)C2(C)C)CC1. The maximum atomic E-state index is 12.8. The number of piperazine rings is 1. The van der Waals surface area contributed by atoms with Gasteiger partial charge >= 0.3 is 0 Å². The van der Waals surface area contributed by atoms with Crippen LogP contribution in [-0.2, 0) is 9.53 Å². The number of β-amino-alcohol motifs (C(OH)–C–C–N with tert-alkyl or cyclic N) is 1. The minimum atomic E-state index is -0.448. The molecule has 1 N–H and O–H groups in total. The van der Waals surface area contributed by atoms with Gasteiger partial charge in [-0.1, -0.05) is 25.5 Å². The smallest absolute Gasteiger partial charge is 0.226 e. The van der Waals surface area contributed by atoms with Crippen molar-refractivity contribution >= 4 is 5.91 Å². The lowest BCUT2D eigenvalue weighted by molar-refractivity contribution is -0.135. The van der Waals surface area contributed by atoms with Crippen molar-refractivity contribution in [2.75, 3.05) is 45.9 Å². The molecule has 2 fully saturated rings. The lowest BCUT2D eigenvalue weighted by Gasteiger charge is -2.36. The summed E-state index contributed by atoms with van der Waals surface area (Å²) in [5, 5.41) is 9.94. The second-order valence-corrected chi connectivity index (χ2v) is 8.01. The summed E-state index contributed by atoms with van der Waals surface area (Å²) in [6.07, 6.45) is 1.81. The number of carbonyl (C=O) groups is 1. The summed E-state index contributed by atoms with van der Waals surface area (Å²) in [4.78, 5) is 17.1. The molecular weight excluding hydrogens is 304 g/mol. The van der Waals surface area contributed by atoms with E-state index in [9.17, 15) is 9.90 Å². The molecule has 0 aromatic heterocycles. The van der Waals surface area contributed by atoms with Gasteiger partial charge in [0.15, 0.2) is 0 Å². The van der Waals surface area contributed by atoms with Gasteiger partial charge in [0.25, 0.3) is 0 Å². The number of aliphatic hydroxyl groups is 1. The Hall–Kier alpha value is -0.910. The molecule has 5 nitrogen and oxygen atoms in total. The third-order valence-corrected chi connectivity index (χ3v) is 5.36. The Morgan fingerprint density at radius 2 is 1.92 bits per heavy atom. The van der Waals surface area contributed by atoms with Gasteiger partial charge in [0.2, 0.25) is 5.91 Å². The van der Waals surface area contributed by atoms with Crippen molar-refractivity contribution in [1.29, 1.82) is 0 Å². The molecule has 0 radical (unpaired) electrons. The zero-order chi connectivity index (χ0) is 17.9. The van der Waals surface area contributed by atoms with Gasteiger partial charge in [0.1, 0.15) is 0 Å². The van der Waals surface area contributed by atoms with Gasteiger partial charge in [-0.05, 0) is 32.1 Å². The Bertz CT molecular complexity index is 463. The van der Waals surface area contributed by atoms with Crippen molar-refractivity contribution in [3.63, 3.8) is 0 Å². The average molecular weight is 338 g/mol. The van der Waals surface area contributed by atoms with E-state index < -0.39 is 6.10 Å². The fourth-order valence-corrected chi connectivity index (χ4v) is 3.77. The summed E-state index contributed by atoms with van der Waals surface area (Å²) in [7, 11) is 0. The summed E-state index contributed by atoms with van der Waals surface area (Å²) in [5.74, 6) is 0.806. The molecule has 0 aromatic carbocycles. The van der Waals surface area contributed by atoms with Crippen LogP contribution in [0.3, 0.4) is 0 Å². The lowest BCUT2D eigenvalue weighted by atomic mass is 10.1. The second-order valence-electron chi connectivity index (χ2n) is 8.01. The van der Waals surface area contributed by atoms with Crippen LogP contribution in [-0.4, -0.2) is 72.9 Å². The molecule has 1 aliphatic heterocycles. The summed E-state index contributed by atoms with van der Waals surface area (Å²) in [5.41, 5.74) is 1.37. The number of aliphatic hydroxyl groups excluding tert-OH is 1. The van der Waals surface area contributed by atoms with E-state index in [2.05, 4.69) is 38.7 Å². The minimum absolute atomic E-state index is 0.0825. The van der Waals surface area contributed by atoms with E-state index in [-0.39, 0.29) is 11.3 Å². The molecule has 0 spiro atoms. The van der Waals surface area contributed by atoms with Crippen molar-refractivity contribution in [3.8, 4) is 0 Å². The normalized spacial score (nSPS) is 27.7. The Balaban J connectivity index is 1.80. The van der Waals surface area contributed by atoms with Gasteiger partial charge in [0.05, 0.1) is 18.6 Å². The summed E-state index contributed by atoms with van der Waals surface area (Å²) >= 11 is 0. The molecule has 2 rings (SSSR count). The third-order valence-electron chi connectivity index (χ3n) is 5.36. The molecule has 5 heteroatoms. The highest BCUT2D eigenvalue weighted by Crippen LogP contribution is 2.60. The van der Waals surface area contributed by atoms with Crippen LogP contribution in [0.25, 0.3) is 0 Å². The highest BCUT2D eigenvalue weighted by Gasteiger charge is 2.61. The number of nitrogens with zero attached hydrogens (tertiary/aromatic N) is 2. The molecule has 1 aliphatic carbocycles. The van der Waals surface area contributed by atoms with Crippen LogP contribution < -0.4 is 0 Å². The van der Waals surface area contributed by atoms with E-state index in [1.165, 1.54) is 5.57 Å². The largest absolute Gasteiger partial charge is 0.389 e. The second kappa shape index (κ2) is 7.98. The Morgan fingerprint density at radius 3 is 2.46 bits per heavy atom. The topological polar surface area (TPSA) is 53.0 Å². The first-order valence-electron chi connectivity index (χ1n) is 9.19. The molecule has 1 saturated heterocycles. The number of ether oxygens (including phenoxy) is 1. The zero-order valence-electron chi connectivity index (χ0n) is 15.9. The fourth-order valence-electron chi connectivity index (χ4n) is 3.77. The van der Waals surface area contributed by atoms with E-state index in [0.29, 0.717) is 31.6 Å². The van der Waals surface area contributed by atoms with E-state index >= 15 is 0 Å². The summed E-state index contributed by atoms with van der Waals surface area (Å²) < 4.78 is 5.26. The number of allylic oxidation sites excluding steroid dienone is 2. The standard InChI is InChI=1S/C19H34N2O3/c1-6-24-13-15(22)12-20-7-9-21(10-8-20)18(23)17-16(11-14(2)3)19(17,4)5/h11,15-17,22H,6-10,12-13H2,1-5H3. The summed E-state index contributed by atoms with van der Waals surface area (Å²) in [6.45, 7) is 15.3. The average Bonchev–Trinajstić information content (AvgIpc) is 3.05. The van der Waals surface area contributed by atoms with Crippen LogP contribution >= 0.6 is 0 Å². The van der Waals surface area contributed by atoms with Gasteiger partial charge in [-0.15, -0.1) is 0 Å². The quantitative estimate of drug-likeness (QED) is 0.719. The molecular formula is C19H34N2O3. The number of carbonyl (C=O) groups excluding carboxylic acids is 1. The van der Waals surface area contributed by atoms with Crippen molar-refractivity contribution in [2.24, 2.45) is 17.3 Å². The monoisotopic (exact) mass is 338 g/mol. The third kappa shape index (κ3) is 4.58. The minimum Gasteiger partial charge on any atom is -0.389 e. The number of rotatable bonds is 7. The van der Waals surface area contributed by atoms with Crippen LogP contribution in [0, 0.1) is 17.3 Å². The highest BCUT2D eigenvalue weighted by molar-refractivity contribution is 5.84. The van der Waals surface area contributed by atoms with E-state index in [1.54, 1.807) is 0 Å². The van der Waals surface area contributed by atoms with Gasteiger partial charge in [-0.25, -0.2) is 0 Å². The van der Waals surface area contributed by atoms with Crippen LogP contribution in [0.4, 0.5) is 0 Å². The number of hydrogen-bond acceptors (Lipinski definition) is 4. The molecule has 1 amide bonds. The molecule has 138 valence electrons. The first-order valence-corrected chi connectivity index (χ1v) is 9.19. The van der Waals surface area contributed by atoms with Crippen molar-refractivity contribution in [1.82, 2.24) is 9.80 Å². The van der Waals surface area contributed by atoms with Crippen LogP contribution in [0.5, 0.6) is 0 Å². The summed E-state index contributed by atoms with van der Waals surface area (Å²) in [6, 6.07) is 0. The molecule has 0 bridgehead atoms. The van der Waals surface area contributed by atoms with Gasteiger partial charge in [0, 0.05) is 39.3 Å². The maximum Gasteiger partial charge on any atom is 0.226 e.